The maximum absolute atomic E-state index is 13.9. The predicted octanol–water partition coefficient (Wildman–Crippen LogP) is 1.95. The Morgan fingerprint density at radius 1 is 1.61 bits per heavy atom. The van der Waals surface area contributed by atoms with Crippen LogP contribution in [0.3, 0.4) is 0 Å². The molecule has 6 heteroatoms. The quantitative estimate of drug-likeness (QED) is 0.608. The van der Waals surface area contributed by atoms with Gasteiger partial charge in [-0.15, -0.1) is 0 Å². The maximum atomic E-state index is 13.9. The molecule has 1 atom stereocenters. The Bertz CT molecular complexity index is 447. The third-order valence-corrected chi connectivity index (χ3v) is 3.20. The molecule has 2 rings (SSSR count). The fourth-order valence-corrected chi connectivity index (χ4v) is 2.10. The molecule has 0 spiro atoms. The number of nitro groups is 1. The van der Waals surface area contributed by atoms with Crippen LogP contribution in [0.25, 0.3) is 0 Å². The highest BCUT2D eigenvalue weighted by molar-refractivity contribution is 5.36. The summed E-state index contributed by atoms with van der Waals surface area (Å²) in [6.07, 6.45) is 0.910. The molecule has 1 aliphatic heterocycles. The van der Waals surface area contributed by atoms with E-state index >= 15 is 0 Å². The molecule has 1 aromatic carbocycles. The smallest absolute Gasteiger partial charge is 0.305 e. The largest absolute Gasteiger partial charge is 0.380 e. The second kappa shape index (κ2) is 5.41. The van der Waals surface area contributed by atoms with E-state index in [2.05, 4.69) is 0 Å². The van der Waals surface area contributed by atoms with Gasteiger partial charge in [-0.1, -0.05) is 12.1 Å². The molecule has 1 heterocycles. The van der Waals surface area contributed by atoms with Gasteiger partial charge in [0.15, 0.2) is 0 Å². The van der Waals surface area contributed by atoms with E-state index in [1.54, 1.807) is 6.07 Å². The molecular weight excluding hydrogens is 239 g/mol. The number of nitrogens with zero attached hydrogens (tertiary/aromatic N) is 2. The van der Waals surface area contributed by atoms with Gasteiger partial charge < -0.3 is 4.74 Å². The van der Waals surface area contributed by atoms with E-state index in [0.717, 1.165) is 6.42 Å². The highest BCUT2D eigenvalue weighted by atomic mass is 19.1. The average Bonchev–Trinajstić information content (AvgIpc) is 2.85. The molecule has 0 amide bonds. The molecule has 0 N–H and O–H groups in total. The maximum Gasteiger partial charge on any atom is 0.305 e. The highest BCUT2D eigenvalue weighted by Gasteiger charge is 2.23. The van der Waals surface area contributed by atoms with Crippen LogP contribution in [0.4, 0.5) is 10.1 Å². The van der Waals surface area contributed by atoms with Crippen LogP contribution in [0.5, 0.6) is 0 Å². The summed E-state index contributed by atoms with van der Waals surface area (Å²) in [7, 11) is 1.87. The second-order valence-electron chi connectivity index (χ2n) is 4.44. The second-order valence-corrected chi connectivity index (χ2v) is 4.44. The van der Waals surface area contributed by atoms with Crippen molar-refractivity contribution in [1.82, 2.24) is 4.90 Å². The van der Waals surface area contributed by atoms with Crippen LogP contribution < -0.4 is 0 Å². The number of halogens is 1. The molecule has 0 bridgehead atoms. The summed E-state index contributed by atoms with van der Waals surface area (Å²) in [5.41, 5.74) is -0.123. The number of ether oxygens (including phenoxy) is 1. The van der Waals surface area contributed by atoms with Crippen LogP contribution in [0.15, 0.2) is 18.2 Å². The monoisotopic (exact) mass is 254 g/mol. The third-order valence-electron chi connectivity index (χ3n) is 3.20. The van der Waals surface area contributed by atoms with Crippen molar-refractivity contribution in [2.75, 3.05) is 20.3 Å². The summed E-state index contributed by atoms with van der Waals surface area (Å²) in [6.45, 7) is 1.70. The Labute approximate surface area is 104 Å². The topological polar surface area (TPSA) is 55.6 Å². The first-order valence-electron chi connectivity index (χ1n) is 5.79. The van der Waals surface area contributed by atoms with Crippen LogP contribution in [0, 0.1) is 15.9 Å². The van der Waals surface area contributed by atoms with Crippen molar-refractivity contribution in [1.29, 1.82) is 0 Å². The number of nitro benzene ring substituents is 1. The molecule has 0 saturated carbocycles. The Morgan fingerprint density at radius 3 is 3.00 bits per heavy atom. The summed E-state index contributed by atoms with van der Waals surface area (Å²) in [5.74, 6) is -0.742. The van der Waals surface area contributed by atoms with Crippen molar-refractivity contribution in [2.24, 2.45) is 0 Å². The van der Waals surface area contributed by atoms with Gasteiger partial charge in [0.25, 0.3) is 0 Å². The van der Waals surface area contributed by atoms with Crippen molar-refractivity contribution in [2.45, 2.75) is 19.0 Å². The average molecular weight is 254 g/mol. The Hall–Kier alpha value is -1.53. The molecule has 0 radical (unpaired) electrons. The molecule has 1 unspecified atom stereocenters. The van der Waals surface area contributed by atoms with E-state index in [0.29, 0.717) is 25.3 Å². The number of hydrogen-bond donors (Lipinski definition) is 0. The summed E-state index contributed by atoms with van der Waals surface area (Å²) in [4.78, 5) is 11.9. The van der Waals surface area contributed by atoms with Gasteiger partial charge in [-0.3, -0.25) is 15.0 Å². The van der Waals surface area contributed by atoms with E-state index in [4.69, 9.17) is 4.74 Å². The number of hydrogen-bond acceptors (Lipinski definition) is 4. The normalized spacial score (nSPS) is 19.4. The zero-order valence-electron chi connectivity index (χ0n) is 10.1. The molecule has 5 nitrogen and oxygen atoms in total. The Kier molecular flexibility index (Phi) is 3.88. The van der Waals surface area contributed by atoms with Crippen molar-refractivity contribution in [3.63, 3.8) is 0 Å². The molecular formula is C12H15FN2O3. The summed E-state index contributed by atoms with van der Waals surface area (Å²) in [6, 6.07) is 4.52. The van der Waals surface area contributed by atoms with Crippen LogP contribution in [0.1, 0.15) is 12.0 Å². The number of rotatable bonds is 4. The lowest BCUT2D eigenvalue weighted by atomic mass is 10.1. The van der Waals surface area contributed by atoms with Crippen LogP contribution in [-0.2, 0) is 11.3 Å². The predicted molar refractivity (Wildman–Crippen MR) is 63.7 cm³/mol. The van der Waals surface area contributed by atoms with Gasteiger partial charge in [0.2, 0.25) is 5.82 Å². The molecule has 1 aromatic rings. The van der Waals surface area contributed by atoms with Gasteiger partial charge in [0, 0.05) is 30.8 Å². The van der Waals surface area contributed by atoms with Crippen LogP contribution in [0.2, 0.25) is 0 Å². The van der Waals surface area contributed by atoms with E-state index in [9.17, 15) is 14.5 Å². The molecule has 1 fully saturated rings. The highest BCUT2D eigenvalue weighted by Crippen LogP contribution is 2.22. The first-order valence-corrected chi connectivity index (χ1v) is 5.79. The molecule has 1 aliphatic rings. The lowest BCUT2D eigenvalue weighted by molar-refractivity contribution is -0.387. The third kappa shape index (κ3) is 2.65. The summed E-state index contributed by atoms with van der Waals surface area (Å²) < 4.78 is 19.1. The summed E-state index contributed by atoms with van der Waals surface area (Å²) in [5, 5.41) is 10.6. The molecule has 98 valence electrons. The lowest BCUT2D eigenvalue weighted by Gasteiger charge is -2.22. The summed E-state index contributed by atoms with van der Waals surface area (Å²) >= 11 is 0. The lowest BCUT2D eigenvalue weighted by Crippen LogP contribution is -2.31. The first-order chi connectivity index (χ1) is 8.59. The molecule has 0 aliphatic carbocycles. The van der Waals surface area contributed by atoms with Crippen LogP contribution >= 0.6 is 0 Å². The van der Waals surface area contributed by atoms with E-state index in [1.165, 1.54) is 12.1 Å². The van der Waals surface area contributed by atoms with Gasteiger partial charge in [-0.25, -0.2) is 0 Å². The molecule has 0 aromatic heterocycles. The van der Waals surface area contributed by atoms with Gasteiger partial charge in [-0.05, 0) is 13.5 Å². The Balaban J connectivity index is 2.13. The Morgan fingerprint density at radius 2 is 2.39 bits per heavy atom. The van der Waals surface area contributed by atoms with E-state index < -0.39 is 16.4 Å². The minimum atomic E-state index is -0.742. The molecule has 1 saturated heterocycles. The van der Waals surface area contributed by atoms with Gasteiger partial charge in [0.05, 0.1) is 11.5 Å². The SMILES string of the molecule is CN(Cc1cccc([N+](=O)[O-])c1F)C1CCOC1. The van der Waals surface area contributed by atoms with Crippen molar-refractivity contribution in [3.05, 3.63) is 39.7 Å². The fraction of sp³-hybridized carbons (Fsp3) is 0.500. The van der Waals surface area contributed by atoms with Gasteiger partial charge in [-0.2, -0.15) is 4.39 Å². The zero-order chi connectivity index (χ0) is 13.1. The number of benzene rings is 1. The van der Waals surface area contributed by atoms with E-state index in [1.807, 2.05) is 11.9 Å². The minimum absolute atomic E-state index is 0.253. The van der Waals surface area contributed by atoms with Crippen molar-refractivity contribution >= 4 is 5.69 Å². The van der Waals surface area contributed by atoms with E-state index in [-0.39, 0.29) is 6.04 Å². The van der Waals surface area contributed by atoms with Crippen molar-refractivity contribution < 1.29 is 14.1 Å². The van der Waals surface area contributed by atoms with Crippen molar-refractivity contribution in [3.8, 4) is 0 Å². The first kappa shape index (κ1) is 12.9. The zero-order valence-corrected chi connectivity index (χ0v) is 10.1. The molecule has 18 heavy (non-hydrogen) atoms. The standard InChI is InChI=1S/C12H15FN2O3/c1-14(10-5-6-18-8-10)7-9-3-2-4-11(12(9)13)15(16)17/h2-4,10H,5-8H2,1H3. The fourth-order valence-electron chi connectivity index (χ4n) is 2.10. The van der Waals surface area contributed by atoms with Gasteiger partial charge >= 0.3 is 5.69 Å². The minimum Gasteiger partial charge on any atom is -0.380 e. The number of likely N-dealkylation sites (N-methyl/N-ethyl adjacent to an activating group) is 1. The van der Waals surface area contributed by atoms with Crippen LogP contribution in [-0.4, -0.2) is 36.1 Å². The van der Waals surface area contributed by atoms with Gasteiger partial charge in [0.1, 0.15) is 0 Å².